The lowest BCUT2D eigenvalue weighted by Crippen LogP contribution is -2.23. The molecule has 0 saturated heterocycles. The first-order valence-corrected chi connectivity index (χ1v) is 4.04. The van der Waals surface area contributed by atoms with Crippen molar-refractivity contribution in [1.29, 1.82) is 0 Å². The van der Waals surface area contributed by atoms with Crippen molar-refractivity contribution in [2.24, 2.45) is 16.5 Å². The SMILES string of the molecule is C[C@H](N=C(N)N)c1ccc(F)cc1F. The molecule has 1 rings (SSSR count). The first kappa shape index (κ1) is 10.4. The maximum atomic E-state index is 13.2. The van der Waals surface area contributed by atoms with Gasteiger partial charge in [0.1, 0.15) is 11.6 Å². The Morgan fingerprint density at radius 1 is 1.36 bits per heavy atom. The Kier molecular flexibility index (Phi) is 3.01. The van der Waals surface area contributed by atoms with Gasteiger partial charge in [-0.2, -0.15) is 0 Å². The fourth-order valence-corrected chi connectivity index (χ4v) is 1.13. The summed E-state index contributed by atoms with van der Waals surface area (Å²) in [5.74, 6) is -1.40. The third kappa shape index (κ3) is 2.42. The summed E-state index contributed by atoms with van der Waals surface area (Å²) in [5.41, 5.74) is 10.5. The average molecular weight is 199 g/mol. The molecule has 0 aliphatic carbocycles. The Morgan fingerprint density at radius 3 is 2.50 bits per heavy atom. The van der Waals surface area contributed by atoms with E-state index in [0.29, 0.717) is 0 Å². The third-order valence-corrected chi connectivity index (χ3v) is 1.76. The lowest BCUT2D eigenvalue weighted by atomic mass is 10.1. The van der Waals surface area contributed by atoms with Gasteiger partial charge in [0.25, 0.3) is 0 Å². The molecule has 0 heterocycles. The van der Waals surface area contributed by atoms with Crippen molar-refractivity contribution >= 4 is 5.96 Å². The smallest absolute Gasteiger partial charge is 0.186 e. The maximum absolute atomic E-state index is 13.2. The first-order valence-electron chi connectivity index (χ1n) is 4.04. The van der Waals surface area contributed by atoms with Gasteiger partial charge in [-0.3, -0.25) is 0 Å². The van der Waals surface area contributed by atoms with Gasteiger partial charge >= 0.3 is 0 Å². The van der Waals surface area contributed by atoms with Gasteiger partial charge in [-0.05, 0) is 13.0 Å². The van der Waals surface area contributed by atoms with Crippen LogP contribution in [0.4, 0.5) is 8.78 Å². The number of nitrogens with zero attached hydrogens (tertiary/aromatic N) is 1. The lowest BCUT2D eigenvalue weighted by Gasteiger charge is -2.08. The number of halogens is 2. The number of rotatable bonds is 2. The molecule has 1 aromatic rings. The number of hydrogen-bond acceptors (Lipinski definition) is 1. The van der Waals surface area contributed by atoms with Crippen molar-refractivity contribution in [3.05, 3.63) is 35.4 Å². The fraction of sp³-hybridized carbons (Fsp3) is 0.222. The van der Waals surface area contributed by atoms with Crippen LogP contribution in [0.15, 0.2) is 23.2 Å². The first-order chi connectivity index (χ1) is 6.50. The number of guanidine groups is 1. The van der Waals surface area contributed by atoms with Gasteiger partial charge in [-0.25, -0.2) is 13.8 Å². The van der Waals surface area contributed by atoms with E-state index < -0.39 is 17.7 Å². The van der Waals surface area contributed by atoms with E-state index in [2.05, 4.69) is 4.99 Å². The van der Waals surface area contributed by atoms with E-state index in [1.807, 2.05) is 0 Å². The molecular weight excluding hydrogens is 188 g/mol. The van der Waals surface area contributed by atoms with Gasteiger partial charge in [0.15, 0.2) is 5.96 Å². The molecule has 0 aliphatic rings. The van der Waals surface area contributed by atoms with Crippen LogP contribution in [0.3, 0.4) is 0 Å². The molecule has 76 valence electrons. The summed E-state index contributed by atoms with van der Waals surface area (Å²) in [6.45, 7) is 1.62. The van der Waals surface area contributed by atoms with Gasteiger partial charge in [0, 0.05) is 11.6 Å². The zero-order valence-electron chi connectivity index (χ0n) is 7.67. The van der Waals surface area contributed by atoms with Crippen molar-refractivity contribution in [3.8, 4) is 0 Å². The molecule has 4 N–H and O–H groups in total. The van der Waals surface area contributed by atoms with E-state index in [1.54, 1.807) is 6.92 Å². The highest BCUT2D eigenvalue weighted by molar-refractivity contribution is 5.75. The fourth-order valence-electron chi connectivity index (χ4n) is 1.13. The molecule has 0 saturated carbocycles. The van der Waals surface area contributed by atoms with E-state index in [4.69, 9.17) is 11.5 Å². The van der Waals surface area contributed by atoms with Crippen molar-refractivity contribution in [2.75, 3.05) is 0 Å². The van der Waals surface area contributed by atoms with Crippen LogP contribution in [0, 0.1) is 11.6 Å². The van der Waals surface area contributed by atoms with Crippen LogP contribution in [-0.2, 0) is 0 Å². The molecule has 3 nitrogen and oxygen atoms in total. The minimum Gasteiger partial charge on any atom is -0.370 e. The van der Waals surface area contributed by atoms with Crippen LogP contribution in [0.2, 0.25) is 0 Å². The summed E-state index contributed by atoms with van der Waals surface area (Å²) >= 11 is 0. The Bertz CT molecular complexity index is 359. The van der Waals surface area contributed by atoms with Crippen molar-refractivity contribution in [3.63, 3.8) is 0 Å². The molecular formula is C9H11F2N3. The summed E-state index contributed by atoms with van der Waals surface area (Å²) in [6, 6.07) is 2.77. The second kappa shape index (κ2) is 4.04. The van der Waals surface area contributed by atoms with Crippen molar-refractivity contribution in [1.82, 2.24) is 0 Å². The van der Waals surface area contributed by atoms with Crippen LogP contribution >= 0.6 is 0 Å². The molecule has 0 spiro atoms. The van der Waals surface area contributed by atoms with Crippen LogP contribution in [-0.4, -0.2) is 5.96 Å². The molecule has 0 unspecified atom stereocenters. The molecule has 1 atom stereocenters. The molecule has 0 amide bonds. The zero-order valence-corrected chi connectivity index (χ0v) is 7.67. The number of hydrogen-bond donors (Lipinski definition) is 2. The van der Waals surface area contributed by atoms with E-state index in [0.717, 1.165) is 12.1 Å². The Balaban J connectivity index is 3.02. The predicted octanol–water partition coefficient (Wildman–Crippen LogP) is 1.30. The van der Waals surface area contributed by atoms with Gasteiger partial charge < -0.3 is 11.5 Å². The van der Waals surface area contributed by atoms with Crippen molar-refractivity contribution < 1.29 is 8.78 Å². The van der Waals surface area contributed by atoms with Gasteiger partial charge in [-0.15, -0.1) is 0 Å². The highest BCUT2D eigenvalue weighted by Gasteiger charge is 2.10. The highest BCUT2D eigenvalue weighted by atomic mass is 19.1. The number of aliphatic imine (C=N–C) groups is 1. The maximum Gasteiger partial charge on any atom is 0.186 e. The highest BCUT2D eigenvalue weighted by Crippen LogP contribution is 2.20. The molecule has 1 aromatic carbocycles. The molecule has 0 bridgehead atoms. The molecule has 14 heavy (non-hydrogen) atoms. The third-order valence-electron chi connectivity index (χ3n) is 1.76. The molecule has 0 aliphatic heterocycles. The number of nitrogens with two attached hydrogens (primary N) is 2. The summed E-state index contributed by atoms with van der Waals surface area (Å²) in [6.07, 6.45) is 0. The monoisotopic (exact) mass is 199 g/mol. The summed E-state index contributed by atoms with van der Waals surface area (Å²) in [7, 11) is 0. The molecule has 0 radical (unpaired) electrons. The standard InChI is InChI=1S/C9H11F2N3/c1-5(14-9(12)13)7-3-2-6(10)4-8(7)11/h2-5H,1H3,(H4,12,13,14)/t5-/m0/s1. The summed E-state index contributed by atoms with van der Waals surface area (Å²) in [4.78, 5) is 3.75. The predicted molar refractivity (Wildman–Crippen MR) is 50.6 cm³/mol. The van der Waals surface area contributed by atoms with E-state index in [9.17, 15) is 8.78 Å². The Morgan fingerprint density at radius 2 is 2.00 bits per heavy atom. The topological polar surface area (TPSA) is 64.4 Å². The molecule has 0 aromatic heterocycles. The van der Waals surface area contributed by atoms with Crippen LogP contribution in [0.5, 0.6) is 0 Å². The lowest BCUT2D eigenvalue weighted by molar-refractivity contribution is 0.562. The van der Waals surface area contributed by atoms with E-state index in [1.165, 1.54) is 6.07 Å². The minimum atomic E-state index is -0.650. The van der Waals surface area contributed by atoms with Crippen LogP contribution in [0.25, 0.3) is 0 Å². The zero-order chi connectivity index (χ0) is 10.7. The largest absolute Gasteiger partial charge is 0.370 e. The molecule has 5 heteroatoms. The van der Waals surface area contributed by atoms with Crippen LogP contribution < -0.4 is 11.5 Å². The Hall–Kier alpha value is -1.65. The summed E-state index contributed by atoms with van der Waals surface area (Å²) in [5, 5.41) is 0. The normalized spacial score (nSPS) is 12.2. The average Bonchev–Trinajstić information content (AvgIpc) is 2.01. The van der Waals surface area contributed by atoms with Crippen LogP contribution in [0.1, 0.15) is 18.5 Å². The minimum absolute atomic E-state index is 0.124. The second-order valence-corrected chi connectivity index (χ2v) is 2.90. The van der Waals surface area contributed by atoms with Gasteiger partial charge in [-0.1, -0.05) is 6.07 Å². The second-order valence-electron chi connectivity index (χ2n) is 2.90. The van der Waals surface area contributed by atoms with Gasteiger partial charge in [0.05, 0.1) is 6.04 Å². The summed E-state index contributed by atoms with van der Waals surface area (Å²) < 4.78 is 25.7. The van der Waals surface area contributed by atoms with E-state index in [-0.39, 0.29) is 11.5 Å². The molecule has 0 fully saturated rings. The van der Waals surface area contributed by atoms with Crippen molar-refractivity contribution in [2.45, 2.75) is 13.0 Å². The van der Waals surface area contributed by atoms with E-state index >= 15 is 0 Å². The Labute approximate surface area is 80.4 Å². The van der Waals surface area contributed by atoms with Gasteiger partial charge in [0.2, 0.25) is 0 Å². The number of benzene rings is 1. The quantitative estimate of drug-likeness (QED) is 0.557.